The van der Waals surface area contributed by atoms with Crippen molar-refractivity contribution in [2.75, 3.05) is 4.72 Å². The summed E-state index contributed by atoms with van der Waals surface area (Å²) in [6, 6.07) is 6.62. The summed E-state index contributed by atoms with van der Waals surface area (Å²) in [5.41, 5.74) is -0.537. The fourth-order valence-electron chi connectivity index (χ4n) is 1.67. The van der Waals surface area contributed by atoms with Crippen LogP contribution in [0.1, 0.15) is 0 Å². The second kappa shape index (κ2) is 5.95. The average molecular weight is 351 g/mol. The Kier molecular flexibility index (Phi) is 4.37. The molecule has 0 atom stereocenters. The molecule has 10 heteroatoms. The zero-order chi connectivity index (χ0) is 17.3. The number of halogens is 4. The van der Waals surface area contributed by atoms with E-state index in [1.165, 1.54) is 6.07 Å². The van der Waals surface area contributed by atoms with E-state index in [0.29, 0.717) is 6.07 Å². The first-order valence-electron chi connectivity index (χ1n) is 5.94. The van der Waals surface area contributed by atoms with E-state index in [0.717, 1.165) is 30.3 Å². The average Bonchev–Trinajstić information content (AvgIpc) is 2.40. The topological polar surface area (TPSA) is 75.6 Å². The Morgan fingerprint density at radius 2 is 1.74 bits per heavy atom. The van der Waals surface area contributed by atoms with Crippen LogP contribution >= 0.6 is 0 Å². The summed E-state index contributed by atoms with van der Waals surface area (Å²) < 4.78 is 80.3. The van der Waals surface area contributed by atoms with Gasteiger partial charge in [-0.1, -0.05) is 12.1 Å². The lowest BCUT2D eigenvalue weighted by Gasteiger charge is -2.14. The lowest BCUT2D eigenvalue weighted by molar-refractivity contribution is -0.275. The van der Waals surface area contributed by atoms with Crippen LogP contribution in [0.4, 0.5) is 23.2 Å². The molecule has 0 saturated heterocycles. The normalized spacial score (nSPS) is 12.0. The van der Waals surface area contributed by atoms with E-state index in [4.69, 9.17) is 5.11 Å². The van der Waals surface area contributed by atoms with Crippen molar-refractivity contribution in [3.8, 4) is 11.5 Å². The van der Waals surface area contributed by atoms with Crippen LogP contribution in [0.25, 0.3) is 0 Å². The van der Waals surface area contributed by atoms with Gasteiger partial charge in [0.2, 0.25) is 0 Å². The highest BCUT2D eigenvalue weighted by molar-refractivity contribution is 7.92. The molecular weight excluding hydrogens is 342 g/mol. The summed E-state index contributed by atoms with van der Waals surface area (Å²) in [5, 5.41) is 9.06. The van der Waals surface area contributed by atoms with Crippen LogP contribution in [-0.2, 0) is 10.0 Å². The van der Waals surface area contributed by atoms with Gasteiger partial charge in [0.1, 0.15) is 16.4 Å². The molecule has 2 N–H and O–H groups in total. The fraction of sp³-hybridized carbons (Fsp3) is 0.0769. The molecule has 23 heavy (non-hydrogen) atoms. The molecule has 0 radical (unpaired) electrons. The number of ether oxygens (including phenoxy) is 1. The van der Waals surface area contributed by atoms with Crippen molar-refractivity contribution in [2.45, 2.75) is 11.3 Å². The quantitative estimate of drug-likeness (QED) is 0.655. The van der Waals surface area contributed by atoms with Crippen molar-refractivity contribution in [3.05, 3.63) is 48.3 Å². The van der Waals surface area contributed by atoms with Gasteiger partial charge in [0.05, 0.1) is 5.69 Å². The van der Waals surface area contributed by atoms with Crippen LogP contribution in [0.2, 0.25) is 0 Å². The number of phenolic OH excluding ortho intramolecular Hbond substituents is 1. The Hall–Kier alpha value is -2.49. The molecule has 0 spiro atoms. The van der Waals surface area contributed by atoms with E-state index in [-0.39, 0.29) is 0 Å². The molecule has 0 unspecified atom stereocenters. The number of nitrogens with one attached hydrogen (secondary N) is 1. The molecule has 0 bridgehead atoms. The number of phenols is 1. The monoisotopic (exact) mass is 351 g/mol. The predicted octanol–water partition coefficient (Wildman–Crippen LogP) is 3.23. The Morgan fingerprint density at radius 3 is 2.35 bits per heavy atom. The van der Waals surface area contributed by atoms with Gasteiger partial charge in [-0.05, 0) is 24.3 Å². The Bertz CT molecular complexity index is 821. The van der Waals surface area contributed by atoms with Crippen molar-refractivity contribution >= 4 is 15.7 Å². The minimum absolute atomic E-state index is 0.439. The summed E-state index contributed by atoms with van der Waals surface area (Å²) in [7, 11) is -4.55. The molecule has 0 saturated carbocycles. The summed E-state index contributed by atoms with van der Waals surface area (Å²) in [4.78, 5) is -0.815. The molecule has 124 valence electrons. The lowest BCUT2D eigenvalue weighted by Crippen LogP contribution is -2.21. The van der Waals surface area contributed by atoms with Crippen molar-refractivity contribution < 1.29 is 35.8 Å². The number of aromatic hydroxyl groups is 1. The number of para-hydroxylation sites is 1. The van der Waals surface area contributed by atoms with Crippen LogP contribution < -0.4 is 9.46 Å². The third kappa shape index (κ3) is 4.25. The van der Waals surface area contributed by atoms with Gasteiger partial charge in [-0.15, -0.1) is 13.2 Å². The molecule has 2 aromatic rings. The van der Waals surface area contributed by atoms with Gasteiger partial charge in [0.15, 0.2) is 5.82 Å². The van der Waals surface area contributed by atoms with Gasteiger partial charge in [-0.2, -0.15) is 0 Å². The van der Waals surface area contributed by atoms with Gasteiger partial charge in [-0.25, -0.2) is 12.8 Å². The van der Waals surface area contributed by atoms with Crippen molar-refractivity contribution in [3.63, 3.8) is 0 Å². The molecule has 0 aliphatic heterocycles. The maximum atomic E-state index is 13.6. The fourth-order valence-corrected chi connectivity index (χ4v) is 2.87. The molecule has 0 heterocycles. The summed E-state index contributed by atoms with van der Waals surface area (Å²) in [6.07, 6.45) is -5.09. The maximum absolute atomic E-state index is 13.6. The van der Waals surface area contributed by atoms with Crippen LogP contribution in [0.5, 0.6) is 11.5 Å². The first-order chi connectivity index (χ1) is 10.6. The largest absolute Gasteiger partial charge is 0.573 e. The third-order valence-corrected chi connectivity index (χ3v) is 3.97. The lowest BCUT2D eigenvalue weighted by atomic mass is 10.3. The highest BCUT2D eigenvalue weighted by Gasteiger charge is 2.34. The van der Waals surface area contributed by atoms with E-state index in [2.05, 4.69) is 4.74 Å². The van der Waals surface area contributed by atoms with E-state index in [9.17, 15) is 26.0 Å². The van der Waals surface area contributed by atoms with Crippen molar-refractivity contribution in [1.82, 2.24) is 0 Å². The minimum Gasteiger partial charge on any atom is -0.508 e. The summed E-state index contributed by atoms with van der Waals surface area (Å²) in [5.74, 6) is -2.49. The predicted molar refractivity (Wildman–Crippen MR) is 72.0 cm³/mol. The number of sulfonamides is 1. The zero-order valence-electron chi connectivity index (χ0n) is 11.1. The molecule has 0 aliphatic rings. The smallest absolute Gasteiger partial charge is 0.508 e. The number of hydrogen-bond acceptors (Lipinski definition) is 4. The van der Waals surface area contributed by atoms with E-state index >= 15 is 0 Å². The number of hydrogen-bond donors (Lipinski definition) is 2. The van der Waals surface area contributed by atoms with Crippen molar-refractivity contribution in [2.24, 2.45) is 0 Å². The zero-order valence-corrected chi connectivity index (χ0v) is 12.0. The number of anilines is 1. The van der Waals surface area contributed by atoms with Gasteiger partial charge < -0.3 is 9.84 Å². The second-order valence-corrected chi connectivity index (χ2v) is 5.92. The highest BCUT2D eigenvalue weighted by atomic mass is 32.2. The molecule has 2 aromatic carbocycles. The number of alkyl halides is 3. The first kappa shape index (κ1) is 16.9. The SMILES string of the molecule is O=S(=O)(Nc1ccc(O)cc1F)c1ccccc1OC(F)(F)F. The summed E-state index contributed by atoms with van der Waals surface area (Å²) >= 11 is 0. The molecule has 0 aliphatic carbocycles. The van der Waals surface area contributed by atoms with E-state index < -0.39 is 44.3 Å². The van der Waals surface area contributed by atoms with Gasteiger partial charge in [0, 0.05) is 6.07 Å². The van der Waals surface area contributed by atoms with Gasteiger partial charge in [0.25, 0.3) is 10.0 Å². The van der Waals surface area contributed by atoms with Crippen LogP contribution in [0.3, 0.4) is 0 Å². The number of rotatable bonds is 4. The minimum atomic E-state index is -5.09. The summed E-state index contributed by atoms with van der Waals surface area (Å²) in [6.45, 7) is 0. The first-order valence-corrected chi connectivity index (χ1v) is 7.43. The molecule has 0 fully saturated rings. The number of benzene rings is 2. The van der Waals surface area contributed by atoms with E-state index in [1.807, 2.05) is 0 Å². The Morgan fingerprint density at radius 1 is 1.09 bits per heavy atom. The molecular formula is C13H9F4NO4S. The van der Waals surface area contributed by atoms with Gasteiger partial charge >= 0.3 is 6.36 Å². The van der Waals surface area contributed by atoms with Crippen molar-refractivity contribution in [1.29, 1.82) is 0 Å². The van der Waals surface area contributed by atoms with Crippen LogP contribution in [0, 0.1) is 5.82 Å². The molecule has 5 nitrogen and oxygen atoms in total. The molecule has 0 aromatic heterocycles. The van der Waals surface area contributed by atoms with Crippen LogP contribution in [-0.4, -0.2) is 19.9 Å². The third-order valence-electron chi connectivity index (χ3n) is 2.56. The maximum Gasteiger partial charge on any atom is 0.573 e. The second-order valence-electron chi connectivity index (χ2n) is 4.26. The Balaban J connectivity index is 2.40. The standard InChI is InChI=1S/C13H9F4NO4S/c14-9-7-8(19)5-6-10(9)18-23(20,21)12-4-2-1-3-11(12)22-13(15,16)17/h1-7,18-19H. The molecule has 2 rings (SSSR count). The van der Waals surface area contributed by atoms with E-state index in [1.54, 1.807) is 4.72 Å². The van der Waals surface area contributed by atoms with Gasteiger partial charge in [-0.3, -0.25) is 4.72 Å². The van der Waals surface area contributed by atoms with Crippen LogP contribution in [0.15, 0.2) is 47.4 Å². The Labute approximate surface area is 128 Å². The molecule has 0 amide bonds. The highest BCUT2D eigenvalue weighted by Crippen LogP contribution is 2.31.